The standard InChI is InChI=1S/C25H24N4O3S2/c1-5-32-23-22(15-27-29(25(23)31)20-11-7-9-17(3)13-20)34-33-21-14-26-28(24(30)18(21)4)19-10-6-8-16(2)12-19/h6-15H,5H2,1-4H3. The molecule has 0 spiro atoms. The van der Waals surface area contributed by atoms with Crippen LogP contribution >= 0.6 is 21.6 Å². The van der Waals surface area contributed by atoms with E-state index >= 15 is 0 Å². The van der Waals surface area contributed by atoms with Crippen LogP contribution < -0.4 is 15.9 Å². The molecule has 0 saturated carbocycles. The number of aryl methyl sites for hydroxylation is 2. The van der Waals surface area contributed by atoms with Gasteiger partial charge in [0.25, 0.3) is 5.56 Å². The summed E-state index contributed by atoms with van der Waals surface area (Å²) in [5.41, 5.74) is 3.54. The molecule has 0 radical (unpaired) electrons. The van der Waals surface area contributed by atoms with Crippen LogP contribution in [-0.4, -0.2) is 26.2 Å². The van der Waals surface area contributed by atoms with Gasteiger partial charge in [0.15, 0.2) is 0 Å². The minimum absolute atomic E-state index is 0.186. The van der Waals surface area contributed by atoms with E-state index in [1.54, 1.807) is 19.3 Å². The predicted molar refractivity (Wildman–Crippen MR) is 137 cm³/mol. The second-order valence-electron chi connectivity index (χ2n) is 7.68. The molecule has 34 heavy (non-hydrogen) atoms. The lowest BCUT2D eigenvalue weighted by Gasteiger charge is -2.13. The van der Waals surface area contributed by atoms with E-state index in [1.807, 2.05) is 69.3 Å². The third-order valence-electron chi connectivity index (χ3n) is 5.08. The van der Waals surface area contributed by atoms with Gasteiger partial charge in [0.2, 0.25) is 5.75 Å². The number of benzene rings is 2. The minimum atomic E-state index is -0.331. The van der Waals surface area contributed by atoms with Gasteiger partial charge in [-0.1, -0.05) is 35.1 Å². The summed E-state index contributed by atoms with van der Waals surface area (Å²) in [6.07, 6.45) is 3.28. The number of aromatic nitrogens is 4. The predicted octanol–water partition coefficient (Wildman–Crippen LogP) is 4.90. The summed E-state index contributed by atoms with van der Waals surface area (Å²) in [5, 5.41) is 8.71. The molecule has 174 valence electrons. The molecule has 2 aromatic carbocycles. The monoisotopic (exact) mass is 492 g/mol. The maximum atomic E-state index is 13.1. The number of ether oxygens (including phenoxy) is 1. The molecule has 0 N–H and O–H groups in total. The van der Waals surface area contributed by atoms with E-state index in [0.29, 0.717) is 27.6 Å². The topological polar surface area (TPSA) is 79.0 Å². The van der Waals surface area contributed by atoms with Crippen molar-refractivity contribution in [2.75, 3.05) is 6.61 Å². The largest absolute Gasteiger partial charge is 0.487 e. The van der Waals surface area contributed by atoms with E-state index in [-0.39, 0.29) is 16.9 Å². The van der Waals surface area contributed by atoms with Crippen molar-refractivity contribution in [2.45, 2.75) is 37.5 Å². The van der Waals surface area contributed by atoms with E-state index in [2.05, 4.69) is 10.2 Å². The second-order valence-corrected chi connectivity index (χ2v) is 9.90. The average molecular weight is 493 g/mol. The molecular formula is C25H24N4O3S2. The van der Waals surface area contributed by atoms with Gasteiger partial charge in [-0.15, -0.1) is 0 Å². The van der Waals surface area contributed by atoms with Gasteiger partial charge in [0, 0.05) is 10.5 Å². The summed E-state index contributed by atoms with van der Waals surface area (Å²) >= 11 is 0. The number of hydrogen-bond donors (Lipinski definition) is 0. The van der Waals surface area contributed by atoms with Gasteiger partial charge in [0.1, 0.15) is 0 Å². The maximum absolute atomic E-state index is 13.1. The fourth-order valence-corrected chi connectivity index (χ4v) is 5.54. The van der Waals surface area contributed by atoms with E-state index in [1.165, 1.54) is 31.0 Å². The Balaban J connectivity index is 1.63. The zero-order valence-electron chi connectivity index (χ0n) is 19.3. The maximum Gasteiger partial charge on any atom is 0.315 e. The Morgan fingerprint density at radius 3 is 1.88 bits per heavy atom. The van der Waals surface area contributed by atoms with Crippen LogP contribution in [0.3, 0.4) is 0 Å². The summed E-state index contributed by atoms with van der Waals surface area (Å²) in [6.45, 7) is 7.88. The molecule has 0 unspecified atom stereocenters. The molecule has 0 saturated heterocycles. The molecule has 4 rings (SSSR count). The number of rotatable bonds is 7. The zero-order chi connectivity index (χ0) is 24.2. The van der Waals surface area contributed by atoms with E-state index in [4.69, 9.17) is 4.74 Å². The Hall–Kier alpha value is -3.30. The lowest BCUT2D eigenvalue weighted by Crippen LogP contribution is -2.24. The van der Waals surface area contributed by atoms with E-state index < -0.39 is 0 Å². The van der Waals surface area contributed by atoms with Crippen LogP contribution in [0.25, 0.3) is 11.4 Å². The Kier molecular flexibility index (Phi) is 7.23. The highest BCUT2D eigenvalue weighted by Crippen LogP contribution is 2.40. The highest BCUT2D eigenvalue weighted by atomic mass is 33.1. The molecular weight excluding hydrogens is 468 g/mol. The Morgan fingerprint density at radius 1 is 0.794 bits per heavy atom. The van der Waals surface area contributed by atoms with Crippen LogP contribution in [0.15, 0.2) is 80.3 Å². The van der Waals surface area contributed by atoms with E-state index in [0.717, 1.165) is 16.8 Å². The Bertz CT molecular complexity index is 1460. The van der Waals surface area contributed by atoms with Gasteiger partial charge in [-0.3, -0.25) is 9.59 Å². The quantitative estimate of drug-likeness (QED) is 0.340. The Labute approximate surface area is 205 Å². The van der Waals surface area contributed by atoms with Crippen LogP contribution in [0.4, 0.5) is 0 Å². The molecule has 0 aliphatic heterocycles. The first-order valence-electron chi connectivity index (χ1n) is 10.7. The molecule has 0 atom stereocenters. The molecule has 0 aliphatic rings. The third-order valence-corrected chi connectivity index (χ3v) is 7.55. The highest BCUT2D eigenvalue weighted by Gasteiger charge is 2.17. The smallest absolute Gasteiger partial charge is 0.315 e. The van der Waals surface area contributed by atoms with Crippen molar-refractivity contribution in [1.29, 1.82) is 0 Å². The van der Waals surface area contributed by atoms with Crippen molar-refractivity contribution >= 4 is 21.6 Å². The molecule has 4 aromatic rings. The van der Waals surface area contributed by atoms with Crippen molar-refractivity contribution in [1.82, 2.24) is 19.6 Å². The van der Waals surface area contributed by atoms with Crippen LogP contribution in [0.1, 0.15) is 23.6 Å². The molecule has 2 heterocycles. The zero-order valence-corrected chi connectivity index (χ0v) is 20.9. The number of hydrogen-bond acceptors (Lipinski definition) is 7. The minimum Gasteiger partial charge on any atom is -0.487 e. The summed E-state index contributed by atoms with van der Waals surface area (Å²) in [4.78, 5) is 27.4. The van der Waals surface area contributed by atoms with Gasteiger partial charge in [-0.05, 0) is 73.9 Å². The van der Waals surface area contributed by atoms with Gasteiger partial charge in [-0.25, -0.2) is 0 Å². The third kappa shape index (κ3) is 4.95. The van der Waals surface area contributed by atoms with Crippen LogP contribution in [0.2, 0.25) is 0 Å². The molecule has 0 fully saturated rings. The van der Waals surface area contributed by atoms with Crippen molar-refractivity contribution in [3.63, 3.8) is 0 Å². The summed E-state index contributed by atoms with van der Waals surface area (Å²) in [6, 6.07) is 15.2. The molecule has 9 heteroatoms. The van der Waals surface area contributed by atoms with Crippen molar-refractivity contribution in [3.05, 3.63) is 98.3 Å². The average Bonchev–Trinajstić information content (AvgIpc) is 2.82. The molecule has 2 aromatic heterocycles. The van der Waals surface area contributed by atoms with Crippen LogP contribution in [0.5, 0.6) is 5.75 Å². The summed E-state index contributed by atoms with van der Waals surface area (Å²) in [5.74, 6) is 0.232. The van der Waals surface area contributed by atoms with Gasteiger partial charge >= 0.3 is 5.56 Å². The molecule has 0 bridgehead atoms. The SMILES string of the molecule is CCOc1c(SSc2cnn(-c3cccc(C)c3)c(=O)c2C)cnn(-c2cccc(C)c2)c1=O. The van der Waals surface area contributed by atoms with Gasteiger partial charge < -0.3 is 4.74 Å². The second kappa shape index (κ2) is 10.3. The van der Waals surface area contributed by atoms with Gasteiger partial charge in [-0.2, -0.15) is 19.6 Å². The van der Waals surface area contributed by atoms with Crippen LogP contribution in [0, 0.1) is 20.8 Å². The Morgan fingerprint density at radius 2 is 1.32 bits per heavy atom. The first-order chi connectivity index (χ1) is 16.4. The van der Waals surface area contributed by atoms with E-state index in [9.17, 15) is 9.59 Å². The molecule has 0 amide bonds. The first-order valence-corrected chi connectivity index (χ1v) is 12.9. The fourth-order valence-electron chi connectivity index (χ4n) is 3.34. The lowest BCUT2D eigenvalue weighted by molar-refractivity contribution is 0.323. The van der Waals surface area contributed by atoms with Crippen molar-refractivity contribution < 1.29 is 4.74 Å². The lowest BCUT2D eigenvalue weighted by atomic mass is 10.2. The van der Waals surface area contributed by atoms with Crippen molar-refractivity contribution in [2.24, 2.45) is 0 Å². The highest BCUT2D eigenvalue weighted by molar-refractivity contribution is 8.76. The molecule has 0 aliphatic carbocycles. The first kappa shape index (κ1) is 23.8. The fraction of sp³-hybridized carbons (Fsp3) is 0.200. The number of nitrogens with zero attached hydrogens (tertiary/aromatic N) is 4. The normalized spacial score (nSPS) is 10.9. The van der Waals surface area contributed by atoms with Crippen LogP contribution in [-0.2, 0) is 0 Å². The summed E-state index contributed by atoms with van der Waals surface area (Å²) in [7, 11) is 2.66. The van der Waals surface area contributed by atoms with Crippen molar-refractivity contribution in [3.8, 4) is 17.1 Å². The molecule has 7 nitrogen and oxygen atoms in total. The summed E-state index contributed by atoms with van der Waals surface area (Å²) < 4.78 is 8.43. The van der Waals surface area contributed by atoms with Gasteiger partial charge in [0.05, 0.1) is 35.3 Å².